The van der Waals surface area contributed by atoms with Crippen LogP contribution < -0.4 is 16.6 Å². The third-order valence-corrected chi connectivity index (χ3v) is 14.0. The van der Waals surface area contributed by atoms with Crippen LogP contribution in [0.5, 0.6) is 0 Å². The van der Waals surface area contributed by atoms with Crippen molar-refractivity contribution in [3.8, 4) is 0 Å². The molecule has 1 fully saturated rings. The summed E-state index contributed by atoms with van der Waals surface area (Å²) in [5.41, 5.74) is 6.79. The normalized spacial score (nSPS) is 24.2. The lowest BCUT2D eigenvalue weighted by molar-refractivity contribution is -0.118. The first-order valence-corrected chi connectivity index (χ1v) is 20.9. The number of nitrogen functional groups attached to an aromatic ring is 1. The SMILES string of the molecule is Cc1cn(B(F)F)c(/C=C2\C=C(CNC(=O)CSP(=O)(O)OP(=O)(O)OP(=O)(O)OC[C@H]3O[C@@H](n4cnc5c(=O)[nH]c(N)nc54)[C@H](O)[C@@H]3O)C=N2)c1C. The van der Waals surface area contributed by atoms with E-state index in [1.54, 1.807) is 13.8 Å². The van der Waals surface area contributed by atoms with Crippen molar-refractivity contribution >= 4 is 76.5 Å². The number of H-pyrrole nitrogens is 1. The topological polar surface area (TPSA) is 325 Å². The number of aliphatic imine (C=N–C) groups is 1. The third kappa shape index (κ3) is 9.86. The van der Waals surface area contributed by atoms with E-state index in [0.29, 0.717) is 22.4 Å². The molecule has 0 radical (unpaired) electrons. The quantitative estimate of drug-likeness (QED) is 0.0774. The third-order valence-electron chi connectivity index (χ3n) is 7.52. The minimum Gasteiger partial charge on any atom is -0.387 e. The highest BCUT2D eigenvalue weighted by atomic mass is 32.7. The van der Waals surface area contributed by atoms with Crippen LogP contribution in [0, 0.1) is 13.8 Å². The highest BCUT2D eigenvalue weighted by Gasteiger charge is 2.47. The molecule has 53 heavy (non-hydrogen) atoms. The van der Waals surface area contributed by atoms with Crippen LogP contribution >= 0.6 is 33.8 Å². The van der Waals surface area contributed by atoms with Crippen molar-refractivity contribution in [2.24, 2.45) is 4.99 Å². The number of nitrogens with one attached hydrogen (secondary N) is 2. The van der Waals surface area contributed by atoms with Crippen molar-refractivity contribution < 1.29 is 69.9 Å². The second kappa shape index (κ2) is 15.8. The van der Waals surface area contributed by atoms with Crippen molar-refractivity contribution in [2.75, 3.05) is 24.6 Å². The van der Waals surface area contributed by atoms with Gasteiger partial charge in [0.05, 0.1) is 24.4 Å². The molecule has 5 heterocycles. The number of carbonyl (C=O) groups is 1. The van der Waals surface area contributed by atoms with Crippen LogP contribution in [0.4, 0.5) is 14.6 Å². The van der Waals surface area contributed by atoms with E-state index in [-0.39, 0.29) is 40.7 Å². The number of aromatic amines is 1. The molecule has 5 rings (SSSR count). The molecule has 7 atom stereocenters. The van der Waals surface area contributed by atoms with Crippen LogP contribution in [0.2, 0.25) is 0 Å². The zero-order chi connectivity index (χ0) is 39.0. The van der Waals surface area contributed by atoms with E-state index in [1.807, 2.05) is 0 Å². The van der Waals surface area contributed by atoms with Crippen LogP contribution in [0.25, 0.3) is 17.2 Å². The summed E-state index contributed by atoms with van der Waals surface area (Å²) in [6.07, 6.45) is 0.0714. The standard InChI is InChI=1S/C24H30BF2N8O14P3S/c1-11-7-35(25(26)27)15(12(11)2)4-14-3-13(5-29-14)6-30-17(36)9-53-52(44,45)49-51(42,43)48-50(40,41)46-8-16-19(37)20(38)23(47-16)34-10-31-18-21(34)32-24(28)33-22(18)39/h3-5,7,10,16,19-20,23,37-38H,6,8-9H2,1-2H3,(H,30,36)(H,40,41)(H,42,43)(H,44,45)(H3,28,32,33,39)/b14-4+/t16-,19-,20-,23-/m1/s1. The molecule has 0 saturated carbocycles. The monoisotopic (exact) mass is 828 g/mol. The molecule has 0 aliphatic carbocycles. The van der Waals surface area contributed by atoms with Gasteiger partial charge in [-0.15, -0.1) is 0 Å². The number of rotatable bonds is 15. The number of aryl methyl sites for hydroxylation is 1. The van der Waals surface area contributed by atoms with Crippen LogP contribution in [0.15, 0.2) is 39.7 Å². The molecule has 0 aromatic carbocycles. The summed E-state index contributed by atoms with van der Waals surface area (Å²) < 4.78 is 84.0. The van der Waals surface area contributed by atoms with E-state index in [0.717, 1.165) is 15.4 Å². The van der Waals surface area contributed by atoms with Crippen LogP contribution in [-0.4, -0.2) is 106 Å². The Balaban J connectivity index is 1.09. The molecule has 288 valence electrons. The molecule has 3 aromatic rings. The summed E-state index contributed by atoms with van der Waals surface area (Å²) in [6, 6.07) is 0. The van der Waals surface area contributed by atoms with E-state index in [9.17, 15) is 56.8 Å². The van der Waals surface area contributed by atoms with Gasteiger partial charge in [-0.1, -0.05) is 0 Å². The fourth-order valence-corrected chi connectivity index (χ4v) is 10.6. The number of hydrogen-bond acceptors (Lipinski definition) is 16. The molecule has 29 heteroatoms. The Kier molecular flexibility index (Phi) is 12.2. The second-order valence-corrected chi connectivity index (χ2v) is 18.4. The first-order chi connectivity index (χ1) is 24.6. The lowest BCUT2D eigenvalue weighted by Crippen LogP contribution is -2.33. The van der Waals surface area contributed by atoms with Crippen molar-refractivity contribution in [2.45, 2.75) is 38.4 Å². The van der Waals surface area contributed by atoms with Crippen LogP contribution in [-0.2, 0) is 36.4 Å². The molecule has 1 amide bonds. The molecule has 0 spiro atoms. The second-order valence-electron chi connectivity index (χ2n) is 11.3. The van der Waals surface area contributed by atoms with Gasteiger partial charge in [-0.05, 0) is 60.3 Å². The Morgan fingerprint density at radius 1 is 1.19 bits per heavy atom. The molecule has 3 unspecified atom stereocenters. The number of allylic oxidation sites excluding steroid dienone is 1. The van der Waals surface area contributed by atoms with Gasteiger partial charge in [0.25, 0.3) is 5.56 Å². The minimum absolute atomic E-state index is 0.140. The van der Waals surface area contributed by atoms with Crippen molar-refractivity contribution in [1.29, 1.82) is 0 Å². The number of aromatic nitrogens is 5. The molecule has 2 aliphatic rings. The molecule has 22 nitrogen and oxygen atoms in total. The van der Waals surface area contributed by atoms with E-state index in [2.05, 4.69) is 38.4 Å². The molecule has 0 bridgehead atoms. The number of hydrogen-bond donors (Lipinski definition) is 8. The van der Waals surface area contributed by atoms with Crippen molar-refractivity contribution in [3.63, 3.8) is 0 Å². The average Bonchev–Trinajstić information content (AvgIpc) is 3.81. The number of amides is 1. The highest BCUT2D eigenvalue weighted by Crippen LogP contribution is 2.71. The number of carbonyl (C=O) groups excluding carboxylic acids is 1. The number of nitrogens with two attached hydrogens (primary N) is 1. The van der Waals surface area contributed by atoms with Gasteiger partial charge >= 0.3 is 29.8 Å². The zero-order valence-electron chi connectivity index (χ0n) is 27.1. The number of nitrogens with zero attached hydrogens (tertiary/aromatic N) is 5. The summed E-state index contributed by atoms with van der Waals surface area (Å²) in [5.74, 6) is -1.96. The van der Waals surface area contributed by atoms with Gasteiger partial charge in [-0.25, -0.2) is 18.7 Å². The van der Waals surface area contributed by atoms with E-state index in [4.69, 9.17) is 10.5 Å². The maximum Gasteiger partial charge on any atom is 0.677 e. The number of anilines is 1. The van der Waals surface area contributed by atoms with Gasteiger partial charge < -0.3 is 45.2 Å². The van der Waals surface area contributed by atoms with E-state index in [1.165, 1.54) is 24.6 Å². The predicted octanol–water partition coefficient (Wildman–Crippen LogP) is 0.764. The van der Waals surface area contributed by atoms with Crippen molar-refractivity contribution in [1.82, 2.24) is 29.3 Å². The Morgan fingerprint density at radius 3 is 2.60 bits per heavy atom. The average molecular weight is 828 g/mol. The van der Waals surface area contributed by atoms with Gasteiger partial charge in [-0.3, -0.25) is 37.3 Å². The fraction of sp³-hybridized carbons (Fsp3) is 0.375. The fourth-order valence-electron chi connectivity index (χ4n) is 4.96. The summed E-state index contributed by atoms with van der Waals surface area (Å²) in [6.45, 7) is -3.05. The van der Waals surface area contributed by atoms with Crippen LogP contribution in [0.3, 0.4) is 0 Å². The van der Waals surface area contributed by atoms with Gasteiger partial charge in [-0.2, -0.15) is 13.6 Å². The summed E-state index contributed by atoms with van der Waals surface area (Å²) in [5, 5.41) is 23.3. The molecular formula is C24H30BF2N8O14P3S. The van der Waals surface area contributed by atoms with Crippen LogP contribution in [0.1, 0.15) is 23.0 Å². The minimum atomic E-state index is -5.86. The molecule has 9 N–H and O–H groups in total. The molecule has 1 saturated heterocycles. The first kappa shape index (κ1) is 40.8. The number of fused-ring (bicyclic) bond motifs is 1. The number of aliphatic hydroxyl groups is 2. The smallest absolute Gasteiger partial charge is 0.387 e. The van der Waals surface area contributed by atoms with Gasteiger partial charge in [0.2, 0.25) is 11.9 Å². The largest absolute Gasteiger partial charge is 0.677 e. The molecule has 3 aromatic heterocycles. The number of phosphoric acid groups is 2. The number of aliphatic hydroxyl groups excluding tert-OH is 2. The van der Waals surface area contributed by atoms with Gasteiger partial charge in [0.15, 0.2) is 17.4 Å². The van der Waals surface area contributed by atoms with E-state index < -0.39 is 78.2 Å². The maximum absolute atomic E-state index is 13.4. The summed E-state index contributed by atoms with van der Waals surface area (Å²) in [4.78, 5) is 68.3. The number of phosphoric ester groups is 1. The lowest BCUT2D eigenvalue weighted by Gasteiger charge is -2.20. The Bertz CT molecular complexity index is 2220. The first-order valence-electron chi connectivity index (χ1n) is 14.8. The molecular weight excluding hydrogens is 798 g/mol. The summed E-state index contributed by atoms with van der Waals surface area (Å²) >= 11 is -0.140. The Morgan fingerprint density at radius 2 is 1.91 bits per heavy atom. The van der Waals surface area contributed by atoms with E-state index >= 15 is 0 Å². The van der Waals surface area contributed by atoms with Crippen molar-refractivity contribution in [3.05, 3.63) is 57.0 Å². The Hall–Kier alpha value is -3.35. The predicted molar refractivity (Wildman–Crippen MR) is 183 cm³/mol. The summed E-state index contributed by atoms with van der Waals surface area (Å²) in [7, 11) is -14.2. The highest BCUT2D eigenvalue weighted by molar-refractivity contribution is 8.55. The zero-order valence-corrected chi connectivity index (χ0v) is 30.6. The number of halogens is 2. The number of ether oxygens (including phenoxy) is 1. The maximum atomic E-state index is 13.4. The molecule has 2 aliphatic heterocycles. The van der Waals surface area contributed by atoms with Gasteiger partial charge in [0, 0.05) is 18.5 Å². The number of imidazole rings is 1. The lowest BCUT2D eigenvalue weighted by atomic mass is 10.1. The Labute approximate surface area is 300 Å². The van der Waals surface area contributed by atoms with Gasteiger partial charge in [0.1, 0.15) is 18.3 Å².